The van der Waals surface area contributed by atoms with Gasteiger partial charge in [-0.25, -0.2) is 0 Å². The van der Waals surface area contributed by atoms with Crippen LogP contribution in [0.15, 0.2) is 0 Å². The van der Waals surface area contributed by atoms with Gasteiger partial charge in [-0.2, -0.15) is 0 Å². The molecule has 1 heterocycles. The minimum absolute atomic E-state index is 0.116. The fourth-order valence-electron chi connectivity index (χ4n) is 0.364. The van der Waals surface area contributed by atoms with Crippen molar-refractivity contribution in [3.8, 4) is 0 Å². The van der Waals surface area contributed by atoms with E-state index in [-0.39, 0.29) is 12.4 Å². The predicted molar refractivity (Wildman–Crippen MR) is 21.5 cm³/mol. The summed E-state index contributed by atoms with van der Waals surface area (Å²) >= 11 is 0. The first kappa shape index (κ1) is 4.59. The first-order valence-electron chi connectivity index (χ1n) is 2.09. The van der Waals surface area contributed by atoms with Crippen LogP contribution in [0.1, 0.15) is 6.92 Å². The van der Waals surface area contributed by atoms with E-state index in [0.717, 1.165) is 0 Å². The van der Waals surface area contributed by atoms with E-state index in [1.54, 1.807) is 0 Å². The van der Waals surface area contributed by atoms with Crippen molar-refractivity contribution in [2.24, 2.45) is 0 Å². The molecular formula is C4H6O3. The van der Waals surface area contributed by atoms with E-state index < -0.39 is 0 Å². The summed E-state index contributed by atoms with van der Waals surface area (Å²) in [4.78, 5) is 9.50. The number of carbonyl (C=O) groups excluding carboxylic acids is 1. The smallest absolute Gasteiger partial charge is 0.295 e. The number of rotatable bonds is 2. The minimum Gasteiger partial charge on any atom is -0.435 e. The molecule has 3 nitrogen and oxygen atoms in total. The van der Waals surface area contributed by atoms with Crippen molar-refractivity contribution in [1.29, 1.82) is 0 Å². The summed E-state index contributed by atoms with van der Waals surface area (Å²) in [5.41, 5.74) is 0. The van der Waals surface area contributed by atoms with Crippen LogP contribution in [0.2, 0.25) is 0 Å². The normalized spacial score (nSPS) is 37.3. The van der Waals surface area contributed by atoms with Crippen molar-refractivity contribution in [3.05, 3.63) is 0 Å². The van der Waals surface area contributed by atoms with Crippen LogP contribution >= 0.6 is 0 Å². The van der Waals surface area contributed by atoms with Gasteiger partial charge in [0.05, 0.1) is 0 Å². The Morgan fingerprint density at radius 1 is 1.86 bits per heavy atom. The van der Waals surface area contributed by atoms with Gasteiger partial charge in [-0.3, -0.25) is 4.79 Å². The third-order valence-corrected chi connectivity index (χ3v) is 0.845. The van der Waals surface area contributed by atoms with Crippen LogP contribution in [-0.2, 0) is 14.3 Å². The molecule has 7 heavy (non-hydrogen) atoms. The maximum atomic E-state index is 9.50. The Hall–Kier alpha value is -0.570. The van der Waals surface area contributed by atoms with Crippen LogP contribution in [0.25, 0.3) is 0 Å². The maximum absolute atomic E-state index is 9.50. The van der Waals surface area contributed by atoms with Crippen LogP contribution in [0.3, 0.4) is 0 Å². The largest absolute Gasteiger partial charge is 0.435 e. The molecule has 40 valence electrons. The van der Waals surface area contributed by atoms with Crippen LogP contribution in [-0.4, -0.2) is 18.9 Å². The van der Waals surface area contributed by atoms with Crippen molar-refractivity contribution in [1.82, 2.24) is 0 Å². The lowest BCUT2D eigenvalue weighted by atomic mass is 10.5. The van der Waals surface area contributed by atoms with Gasteiger partial charge in [0.15, 0.2) is 0 Å². The summed E-state index contributed by atoms with van der Waals surface area (Å²) in [5, 5.41) is 0. The van der Waals surface area contributed by atoms with Gasteiger partial charge in [-0.15, -0.1) is 0 Å². The minimum atomic E-state index is -0.252. The molecule has 2 unspecified atom stereocenters. The fraction of sp³-hybridized carbons (Fsp3) is 0.750. The lowest BCUT2D eigenvalue weighted by Crippen LogP contribution is -1.93. The summed E-state index contributed by atoms with van der Waals surface area (Å²) in [6.07, 6.45) is -0.136. The molecule has 1 saturated heterocycles. The Balaban J connectivity index is 2.08. The van der Waals surface area contributed by atoms with Crippen molar-refractivity contribution < 1.29 is 14.3 Å². The molecule has 1 aliphatic heterocycles. The maximum Gasteiger partial charge on any atom is 0.295 e. The van der Waals surface area contributed by atoms with E-state index in [9.17, 15) is 4.79 Å². The van der Waals surface area contributed by atoms with Crippen LogP contribution in [0.4, 0.5) is 0 Å². The molecule has 0 spiro atoms. The van der Waals surface area contributed by atoms with Gasteiger partial charge >= 0.3 is 0 Å². The summed E-state index contributed by atoms with van der Waals surface area (Å²) in [6, 6.07) is 0. The van der Waals surface area contributed by atoms with Gasteiger partial charge in [0.25, 0.3) is 6.47 Å². The molecule has 0 aromatic rings. The van der Waals surface area contributed by atoms with Crippen molar-refractivity contribution >= 4 is 6.47 Å². The molecule has 3 heteroatoms. The Labute approximate surface area is 41.2 Å². The first-order chi connectivity index (χ1) is 3.34. The number of epoxide rings is 1. The monoisotopic (exact) mass is 102 g/mol. The third kappa shape index (κ3) is 0.899. The zero-order valence-corrected chi connectivity index (χ0v) is 3.96. The van der Waals surface area contributed by atoms with Gasteiger partial charge in [-0.05, 0) is 6.92 Å². The Morgan fingerprint density at radius 3 is 2.57 bits per heavy atom. The van der Waals surface area contributed by atoms with Gasteiger partial charge < -0.3 is 9.47 Å². The van der Waals surface area contributed by atoms with Crippen LogP contribution < -0.4 is 0 Å². The zero-order valence-electron chi connectivity index (χ0n) is 3.96. The summed E-state index contributed by atoms with van der Waals surface area (Å²) in [7, 11) is 0. The molecule has 0 amide bonds. The van der Waals surface area contributed by atoms with E-state index >= 15 is 0 Å². The van der Waals surface area contributed by atoms with E-state index in [2.05, 4.69) is 4.74 Å². The number of carbonyl (C=O) groups is 1. The fourth-order valence-corrected chi connectivity index (χ4v) is 0.364. The number of hydrogen-bond acceptors (Lipinski definition) is 3. The molecule has 1 aliphatic rings. The Bertz CT molecular complexity index is 81.0. The van der Waals surface area contributed by atoms with E-state index in [1.165, 1.54) is 0 Å². The molecule has 0 bridgehead atoms. The standard InChI is InChI=1S/C4H6O3/c1-3-4(7-3)6-2-5/h2-4H,1H3. The molecule has 2 atom stereocenters. The van der Waals surface area contributed by atoms with E-state index in [0.29, 0.717) is 6.47 Å². The highest BCUT2D eigenvalue weighted by Crippen LogP contribution is 2.20. The lowest BCUT2D eigenvalue weighted by Gasteiger charge is -1.81. The highest BCUT2D eigenvalue weighted by Gasteiger charge is 2.36. The molecule has 1 rings (SSSR count). The topological polar surface area (TPSA) is 38.8 Å². The second-order valence-electron chi connectivity index (χ2n) is 1.44. The zero-order chi connectivity index (χ0) is 5.28. The first-order valence-corrected chi connectivity index (χ1v) is 2.09. The lowest BCUT2D eigenvalue weighted by molar-refractivity contribution is -0.133. The van der Waals surface area contributed by atoms with Gasteiger partial charge in [0.1, 0.15) is 6.10 Å². The highest BCUT2D eigenvalue weighted by molar-refractivity contribution is 5.37. The van der Waals surface area contributed by atoms with Crippen LogP contribution in [0.5, 0.6) is 0 Å². The molecule has 0 N–H and O–H groups in total. The third-order valence-electron chi connectivity index (χ3n) is 0.845. The summed E-state index contributed by atoms with van der Waals surface area (Å²) in [6.45, 7) is 2.24. The number of hydrogen-bond donors (Lipinski definition) is 0. The highest BCUT2D eigenvalue weighted by atomic mass is 16.8. The quantitative estimate of drug-likeness (QED) is 0.361. The average molecular weight is 102 g/mol. The van der Waals surface area contributed by atoms with E-state index in [1.807, 2.05) is 6.92 Å². The van der Waals surface area contributed by atoms with Crippen molar-refractivity contribution in [3.63, 3.8) is 0 Å². The van der Waals surface area contributed by atoms with Gasteiger partial charge in [0.2, 0.25) is 6.29 Å². The molecule has 0 aliphatic carbocycles. The Kier molecular flexibility index (Phi) is 0.982. The molecule has 0 aromatic carbocycles. The molecule has 0 saturated carbocycles. The SMILES string of the molecule is CC1OC1OC=O. The Morgan fingerprint density at radius 2 is 2.43 bits per heavy atom. The van der Waals surface area contributed by atoms with Crippen LogP contribution in [0, 0.1) is 0 Å². The molecule has 1 fully saturated rings. The van der Waals surface area contributed by atoms with Gasteiger partial charge in [0, 0.05) is 0 Å². The predicted octanol–water partition coefficient (Wildman–Crippen LogP) is -0.0958. The molecular weight excluding hydrogens is 96.0 g/mol. The molecule has 0 radical (unpaired) electrons. The summed E-state index contributed by atoms with van der Waals surface area (Å²) in [5.74, 6) is 0. The average Bonchev–Trinajstić information content (AvgIpc) is 2.22. The second kappa shape index (κ2) is 1.50. The van der Waals surface area contributed by atoms with Crippen molar-refractivity contribution in [2.75, 3.05) is 0 Å². The summed E-state index contributed by atoms with van der Waals surface area (Å²) < 4.78 is 9.07. The number of ether oxygens (including phenoxy) is 2. The van der Waals surface area contributed by atoms with E-state index in [4.69, 9.17) is 4.74 Å². The molecule has 0 aromatic heterocycles. The van der Waals surface area contributed by atoms with Crippen molar-refractivity contribution in [2.45, 2.75) is 19.3 Å². The second-order valence-corrected chi connectivity index (χ2v) is 1.44. The van der Waals surface area contributed by atoms with Gasteiger partial charge in [-0.1, -0.05) is 0 Å².